The second-order valence-corrected chi connectivity index (χ2v) is 11.2. The second kappa shape index (κ2) is 8.95. The van der Waals surface area contributed by atoms with Gasteiger partial charge < -0.3 is 15.1 Å². The summed E-state index contributed by atoms with van der Waals surface area (Å²) in [4.78, 5) is 27.9. The first-order valence-electron chi connectivity index (χ1n) is 11.9. The van der Waals surface area contributed by atoms with Crippen LogP contribution in [0.3, 0.4) is 0 Å². The average molecular weight is 532 g/mol. The standard InChI is InChI=1S/C25H27F2N5O4S/c1-30-24(36)20-22(35)21(34)17(23(29)37-19(28)7-12-3-4-15(26)8-18(12)27)11-32(20)31(2)25(30)9-13-5-16(33)6-14(13)10-25/h3-4,8,11,13-14,16,28-29,33,35H,5-7,9-10H2,1-2H3. The van der Waals surface area contributed by atoms with Crippen LogP contribution in [0.1, 0.15) is 47.3 Å². The molecule has 2 atom stereocenters. The van der Waals surface area contributed by atoms with Crippen LogP contribution in [0.5, 0.6) is 5.75 Å². The number of aromatic hydroxyl groups is 1. The number of thioether (sulfide) groups is 1. The van der Waals surface area contributed by atoms with Gasteiger partial charge in [-0.2, -0.15) is 0 Å². The van der Waals surface area contributed by atoms with Crippen molar-refractivity contribution in [3.05, 3.63) is 63.1 Å². The molecule has 0 bridgehead atoms. The molecule has 37 heavy (non-hydrogen) atoms. The summed E-state index contributed by atoms with van der Waals surface area (Å²) in [7, 11) is 3.40. The molecule has 3 aliphatic rings. The van der Waals surface area contributed by atoms with Crippen LogP contribution in [0.15, 0.2) is 29.2 Å². The van der Waals surface area contributed by atoms with Gasteiger partial charge in [0, 0.05) is 32.8 Å². The number of hydrogen-bond acceptors (Lipinski definition) is 8. The quantitative estimate of drug-likeness (QED) is 0.356. The summed E-state index contributed by atoms with van der Waals surface area (Å²) in [6.07, 6.45) is 3.33. The molecule has 2 heterocycles. The number of carbonyl (C=O) groups excluding carboxylic acids is 1. The maximum Gasteiger partial charge on any atom is 0.278 e. The van der Waals surface area contributed by atoms with Crippen LogP contribution in [0, 0.1) is 34.3 Å². The number of benzene rings is 1. The third-order valence-electron chi connectivity index (χ3n) is 8.05. The van der Waals surface area contributed by atoms with E-state index < -0.39 is 34.4 Å². The minimum Gasteiger partial charge on any atom is -0.502 e. The molecule has 2 saturated carbocycles. The van der Waals surface area contributed by atoms with Crippen LogP contribution in [-0.2, 0) is 6.42 Å². The van der Waals surface area contributed by atoms with Crippen molar-refractivity contribution < 1.29 is 23.8 Å². The first-order valence-corrected chi connectivity index (χ1v) is 12.7. The Morgan fingerprint density at radius 3 is 2.43 bits per heavy atom. The Morgan fingerprint density at radius 2 is 1.81 bits per heavy atom. The number of amides is 1. The zero-order valence-corrected chi connectivity index (χ0v) is 21.1. The molecular formula is C25H27F2N5O4S. The van der Waals surface area contributed by atoms with Crippen molar-refractivity contribution in [3.8, 4) is 5.75 Å². The summed E-state index contributed by atoms with van der Waals surface area (Å²) in [5.74, 6) is -2.38. The zero-order chi connectivity index (χ0) is 26.8. The van der Waals surface area contributed by atoms with E-state index >= 15 is 0 Å². The lowest BCUT2D eigenvalue weighted by Gasteiger charge is -2.52. The van der Waals surface area contributed by atoms with E-state index in [0.717, 1.165) is 6.07 Å². The number of nitrogens with zero attached hydrogens (tertiary/aromatic N) is 3. The summed E-state index contributed by atoms with van der Waals surface area (Å²) in [6, 6.07) is 3.01. The summed E-state index contributed by atoms with van der Waals surface area (Å²) in [5, 5.41) is 38.8. The highest BCUT2D eigenvalue weighted by Crippen LogP contribution is 2.52. The molecule has 2 unspecified atom stereocenters. The van der Waals surface area contributed by atoms with Gasteiger partial charge in [-0.05, 0) is 49.1 Å². The lowest BCUT2D eigenvalue weighted by Crippen LogP contribution is -2.67. The number of carbonyl (C=O) groups is 1. The predicted octanol–water partition coefficient (Wildman–Crippen LogP) is 2.64. The fraction of sp³-hybridized carbons (Fsp3) is 0.440. The highest BCUT2D eigenvalue weighted by Gasteiger charge is 2.57. The monoisotopic (exact) mass is 531 g/mol. The van der Waals surface area contributed by atoms with Crippen molar-refractivity contribution in [2.75, 3.05) is 19.1 Å². The molecule has 5 rings (SSSR count). The molecule has 1 aromatic carbocycles. The molecule has 12 heteroatoms. The number of pyridine rings is 1. The summed E-state index contributed by atoms with van der Waals surface area (Å²) >= 11 is 0.614. The van der Waals surface area contributed by atoms with Gasteiger partial charge in [0.2, 0.25) is 5.43 Å². The van der Waals surface area contributed by atoms with Crippen molar-refractivity contribution in [1.29, 1.82) is 10.8 Å². The van der Waals surface area contributed by atoms with Gasteiger partial charge in [-0.1, -0.05) is 17.8 Å². The van der Waals surface area contributed by atoms with Crippen LogP contribution >= 0.6 is 11.8 Å². The fourth-order valence-electron chi connectivity index (χ4n) is 6.15. The Labute approximate surface area is 215 Å². The maximum atomic E-state index is 14.0. The summed E-state index contributed by atoms with van der Waals surface area (Å²) in [6.45, 7) is 0. The topological polar surface area (TPSA) is 134 Å². The number of aliphatic hydroxyl groups is 1. The van der Waals surface area contributed by atoms with Gasteiger partial charge in [0.1, 0.15) is 22.3 Å². The number of rotatable bonds is 3. The SMILES string of the molecule is CN1C(=O)c2c(O)c(=O)c(C(=N)SC(=N)Cc3ccc(F)cc3F)cn2N(C)C12CC1CC(O)CC1C2. The molecular weight excluding hydrogens is 504 g/mol. The number of hydrogen-bond donors (Lipinski definition) is 4. The number of fused-ring (bicyclic) bond motifs is 2. The molecule has 196 valence electrons. The van der Waals surface area contributed by atoms with E-state index in [2.05, 4.69) is 0 Å². The largest absolute Gasteiger partial charge is 0.502 e. The molecule has 2 fully saturated rings. The minimum absolute atomic E-state index is 0.0731. The van der Waals surface area contributed by atoms with Gasteiger partial charge in [0.05, 0.1) is 16.7 Å². The maximum absolute atomic E-state index is 14.0. The Morgan fingerprint density at radius 1 is 1.16 bits per heavy atom. The molecule has 2 aromatic rings. The Bertz CT molecular complexity index is 1380. The Hall–Kier alpha value is -3.25. The van der Waals surface area contributed by atoms with E-state index in [1.807, 2.05) is 0 Å². The van der Waals surface area contributed by atoms with E-state index in [1.165, 1.54) is 16.9 Å². The van der Waals surface area contributed by atoms with Gasteiger partial charge in [-0.25, -0.2) is 8.78 Å². The lowest BCUT2D eigenvalue weighted by atomic mass is 9.98. The predicted molar refractivity (Wildman–Crippen MR) is 135 cm³/mol. The number of aromatic nitrogens is 1. The van der Waals surface area contributed by atoms with Gasteiger partial charge in [0.15, 0.2) is 11.4 Å². The van der Waals surface area contributed by atoms with E-state index in [-0.39, 0.29) is 51.3 Å². The van der Waals surface area contributed by atoms with Crippen molar-refractivity contribution in [2.45, 2.75) is 43.9 Å². The molecule has 1 amide bonds. The van der Waals surface area contributed by atoms with Crippen LogP contribution in [-0.4, -0.2) is 61.6 Å². The van der Waals surface area contributed by atoms with E-state index in [1.54, 1.807) is 24.0 Å². The van der Waals surface area contributed by atoms with Gasteiger partial charge in [-0.3, -0.25) is 30.1 Å². The first-order chi connectivity index (χ1) is 17.4. The lowest BCUT2D eigenvalue weighted by molar-refractivity contribution is 0.0357. The van der Waals surface area contributed by atoms with Crippen LogP contribution in [0.2, 0.25) is 0 Å². The summed E-state index contributed by atoms with van der Waals surface area (Å²) < 4.78 is 28.6. The molecule has 1 aliphatic heterocycles. The average Bonchev–Trinajstić information content (AvgIpc) is 3.35. The Balaban J connectivity index is 1.45. The number of halogens is 2. The Kier molecular flexibility index (Phi) is 6.14. The molecule has 1 spiro atoms. The molecule has 4 N–H and O–H groups in total. The van der Waals surface area contributed by atoms with Gasteiger partial charge in [-0.15, -0.1) is 0 Å². The fourth-order valence-corrected chi connectivity index (χ4v) is 6.88. The van der Waals surface area contributed by atoms with E-state index in [0.29, 0.717) is 43.5 Å². The van der Waals surface area contributed by atoms with Crippen molar-refractivity contribution >= 4 is 27.8 Å². The van der Waals surface area contributed by atoms with Crippen LogP contribution < -0.4 is 10.4 Å². The summed E-state index contributed by atoms with van der Waals surface area (Å²) in [5.41, 5.74) is -1.97. The minimum atomic E-state index is -0.915. The molecule has 0 saturated heterocycles. The van der Waals surface area contributed by atoms with E-state index in [9.17, 15) is 28.6 Å². The zero-order valence-electron chi connectivity index (χ0n) is 20.3. The van der Waals surface area contributed by atoms with Crippen molar-refractivity contribution in [3.63, 3.8) is 0 Å². The normalized spacial score (nSPS) is 26.5. The highest BCUT2D eigenvalue weighted by molar-refractivity contribution is 8.26. The van der Waals surface area contributed by atoms with Crippen LogP contribution in [0.4, 0.5) is 8.78 Å². The molecule has 2 aliphatic carbocycles. The highest BCUT2D eigenvalue weighted by atomic mass is 32.2. The van der Waals surface area contributed by atoms with E-state index in [4.69, 9.17) is 10.8 Å². The van der Waals surface area contributed by atoms with Gasteiger partial charge in [0.25, 0.3) is 5.91 Å². The smallest absolute Gasteiger partial charge is 0.278 e. The van der Waals surface area contributed by atoms with Crippen LogP contribution in [0.25, 0.3) is 0 Å². The molecule has 9 nitrogen and oxygen atoms in total. The molecule has 1 aromatic heterocycles. The third-order valence-corrected chi connectivity index (χ3v) is 8.87. The third kappa shape index (κ3) is 4.02. The van der Waals surface area contributed by atoms with Crippen molar-refractivity contribution in [2.24, 2.45) is 11.8 Å². The number of aliphatic hydroxyl groups excluding tert-OH is 1. The van der Waals surface area contributed by atoms with Gasteiger partial charge >= 0.3 is 0 Å². The first kappa shape index (κ1) is 25.4. The number of nitrogens with one attached hydrogen (secondary N) is 2. The van der Waals surface area contributed by atoms with Crippen molar-refractivity contribution in [1.82, 2.24) is 9.58 Å². The molecule has 0 radical (unpaired) electrons. The second-order valence-electron chi connectivity index (χ2n) is 10.1.